The summed E-state index contributed by atoms with van der Waals surface area (Å²) in [5.74, 6) is -0.746. The summed E-state index contributed by atoms with van der Waals surface area (Å²) in [5.41, 5.74) is 0.652. The van der Waals surface area contributed by atoms with Crippen LogP contribution in [-0.2, 0) is 14.6 Å². The number of amides is 1. The monoisotopic (exact) mass is 356 g/mol. The van der Waals surface area contributed by atoms with Crippen molar-refractivity contribution >= 4 is 38.4 Å². The maximum absolute atomic E-state index is 13.2. The number of anilines is 1. The highest BCUT2D eigenvalue weighted by atomic mass is 32.2. The number of hydrogen-bond acceptors (Lipinski definition) is 4. The minimum absolute atomic E-state index is 0.0247. The summed E-state index contributed by atoms with van der Waals surface area (Å²) in [6, 6.07) is 5.53. The molecule has 23 heavy (non-hydrogen) atoms. The number of aliphatic imine (C=N–C) groups is 1. The molecule has 0 N–H and O–H groups in total. The van der Waals surface area contributed by atoms with Crippen molar-refractivity contribution in [1.29, 1.82) is 0 Å². The lowest BCUT2D eigenvalue weighted by atomic mass is 10.2. The zero-order valence-electron chi connectivity index (χ0n) is 12.8. The molecule has 2 atom stereocenters. The number of amidine groups is 1. The number of thioether (sulfide) groups is 1. The Labute approximate surface area is 138 Å². The molecule has 124 valence electrons. The van der Waals surface area contributed by atoms with E-state index in [1.807, 2.05) is 0 Å². The fourth-order valence-electron chi connectivity index (χ4n) is 2.69. The zero-order chi connectivity index (χ0) is 16.8. The van der Waals surface area contributed by atoms with Crippen molar-refractivity contribution in [3.8, 4) is 0 Å². The minimum atomic E-state index is -3.10. The first kappa shape index (κ1) is 16.4. The van der Waals surface area contributed by atoms with E-state index in [0.717, 1.165) is 0 Å². The van der Waals surface area contributed by atoms with Crippen LogP contribution in [0.2, 0.25) is 0 Å². The first-order chi connectivity index (χ1) is 10.8. The van der Waals surface area contributed by atoms with Gasteiger partial charge in [0.25, 0.3) is 5.91 Å². The predicted molar refractivity (Wildman–Crippen MR) is 90.0 cm³/mol. The molecule has 0 aromatic heterocycles. The van der Waals surface area contributed by atoms with E-state index in [1.54, 1.807) is 30.9 Å². The summed E-state index contributed by atoms with van der Waals surface area (Å²) in [5, 5.41) is 0.351. The molecule has 2 aliphatic rings. The van der Waals surface area contributed by atoms with Gasteiger partial charge in [-0.3, -0.25) is 4.79 Å². The molecular formula is C15H17FN2O3S2. The van der Waals surface area contributed by atoms with Gasteiger partial charge in [-0.2, -0.15) is 4.99 Å². The van der Waals surface area contributed by atoms with Crippen molar-refractivity contribution in [1.82, 2.24) is 0 Å². The second-order valence-electron chi connectivity index (χ2n) is 6.03. The Morgan fingerprint density at radius 1 is 1.30 bits per heavy atom. The molecule has 1 aromatic carbocycles. The minimum Gasteiger partial charge on any atom is -0.316 e. The van der Waals surface area contributed by atoms with Crippen LogP contribution >= 0.6 is 11.8 Å². The quantitative estimate of drug-likeness (QED) is 0.812. The van der Waals surface area contributed by atoms with Crippen molar-refractivity contribution in [2.24, 2.45) is 10.9 Å². The number of carbonyl (C=O) groups excluding carboxylic acids is 1. The van der Waals surface area contributed by atoms with E-state index >= 15 is 0 Å². The third kappa shape index (κ3) is 3.28. The third-order valence-electron chi connectivity index (χ3n) is 3.87. The number of hydrogen-bond donors (Lipinski definition) is 0. The van der Waals surface area contributed by atoms with E-state index in [-0.39, 0.29) is 40.4 Å². The number of carbonyl (C=O) groups is 1. The molecule has 0 aliphatic carbocycles. The average Bonchev–Trinajstić information content (AvgIpc) is 2.91. The standard InChI is InChI=1S/C15H17FN2O3S2/c1-9(2)14(19)17-15-18(11-5-3-10(16)4-6-11)12-7-23(20,21)8-13(12)22-15/h3-6,9,12-13H,7-8H2,1-2H3. The van der Waals surface area contributed by atoms with Crippen LogP contribution in [-0.4, -0.2) is 42.3 Å². The molecule has 0 spiro atoms. The summed E-state index contributed by atoms with van der Waals surface area (Å²) in [6.07, 6.45) is 0. The molecule has 2 unspecified atom stereocenters. The largest absolute Gasteiger partial charge is 0.316 e. The van der Waals surface area contributed by atoms with Crippen molar-refractivity contribution in [3.05, 3.63) is 30.1 Å². The highest BCUT2D eigenvalue weighted by molar-refractivity contribution is 8.16. The predicted octanol–water partition coefficient (Wildman–Crippen LogP) is 2.08. The topological polar surface area (TPSA) is 66.8 Å². The Balaban J connectivity index is 2.00. The highest BCUT2D eigenvalue weighted by Crippen LogP contribution is 2.41. The SMILES string of the molecule is CC(C)C(=O)N=C1SC2CS(=O)(=O)CC2N1c1ccc(F)cc1. The fraction of sp³-hybridized carbons (Fsp3) is 0.467. The number of sulfone groups is 1. The summed E-state index contributed by atoms with van der Waals surface area (Å²) in [4.78, 5) is 17.9. The van der Waals surface area contributed by atoms with Crippen molar-refractivity contribution < 1.29 is 17.6 Å². The Bertz CT molecular complexity index is 759. The molecule has 2 aliphatic heterocycles. The van der Waals surface area contributed by atoms with E-state index in [9.17, 15) is 17.6 Å². The summed E-state index contributed by atoms with van der Waals surface area (Å²) in [7, 11) is -3.10. The van der Waals surface area contributed by atoms with Gasteiger partial charge < -0.3 is 4.90 Å². The van der Waals surface area contributed by atoms with Crippen LogP contribution in [0.1, 0.15) is 13.8 Å². The summed E-state index contributed by atoms with van der Waals surface area (Å²) in [6.45, 7) is 3.53. The Kier molecular flexibility index (Phi) is 4.22. The molecular weight excluding hydrogens is 339 g/mol. The lowest BCUT2D eigenvalue weighted by molar-refractivity contribution is -0.120. The summed E-state index contributed by atoms with van der Waals surface area (Å²) >= 11 is 1.32. The molecule has 0 radical (unpaired) electrons. The van der Waals surface area contributed by atoms with Crippen molar-refractivity contribution in [2.75, 3.05) is 16.4 Å². The van der Waals surface area contributed by atoms with Gasteiger partial charge in [-0.15, -0.1) is 0 Å². The van der Waals surface area contributed by atoms with Gasteiger partial charge in [0.15, 0.2) is 15.0 Å². The van der Waals surface area contributed by atoms with E-state index < -0.39 is 9.84 Å². The highest BCUT2D eigenvalue weighted by Gasteiger charge is 2.49. The number of fused-ring (bicyclic) bond motifs is 1. The van der Waals surface area contributed by atoms with Gasteiger partial charge in [0.1, 0.15) is 5.82 Å². The fourth-order valence-corrected chi connectivity index (χ4v) is 6.61. The second kappa shape index (κ2) is 5.90. The van der Waals surface area contributed by atoms with Crippen LogP contribution in [0.15, 0.2) is 29.3 Å². The van der Waals surface area contributed by atoms with Gasteiger partial charge >= 0.3 is 0 Å². The Morgan fingerprint density at radius 2 is 1.96 bits per heavy atom. The van der Waals surface area contributed by atoms with Crippen LogP contribution in [0.3, 0.4) is 0 Å². The molecule has 1 aromatic rings. The normalized spacial score (nSPS) is 27.7. The Morgan fingerprint density at radius 3 is 2.57 bits per heavy atom. The number of rotatable bonds is 2. The molecule has 2 fully saturated rings. The van der Waals surface area contributed by atoms with Gasteiger partial charge in [-0.1, -0.05) is 25.6 Å². The lowest BCUT2D eigenvalue weighted by Crippen LogP contribution is -2.37. The van der Waals surface area contributed by atoms with E-state index in [4.69, 9.17) is 0 Å². The van der Waals surface area contributed by atoms with Gasteiger partial charge in [0.2, 0.25) is 0 Å². The smallest absolute Gasteiger partial charge is 0.250 e. The van der Waals surface area contributed by atoms with E-state index in [2.05, 4.69) is 4.99 Å². The van der Waals surface area contributed by atoms with Crippen LogP contribution in [0.4, 0.5) is 10.1 Å². The van der Waals surface area contributed by atoms with E-state index in [0.29, 0.717) is 10.9 Å². The van der Waals surface area contributed by atoms with Gasteiger partial charge in [0.05, 0.1) is 17.5 Å². The first-order valence-electron chi connectivity index (χ1n) is 7.31. The maximum Gasteiger partial charge on any atom is 0.250 e. The molecule has 0 saturated carbocycles. The molecule has 2 saturated heterocycles. The van der Waals surface area contributed by atoms with E-state index in [1.165, 1.54) is 23.9 Å². The Hall–Kier alpha value is -1.41. The van der Waals surface area contributed by atoms with Crippen LogP contribution in [0, 0.1) is 11.7 Å². The molecule has 8 heteroatoms. The van der Waals surface area contributed by atoms with Gasteiger partial charge in [0, 0.05) is 16.9 Å². The molecule has 3 rings (SSSR count). The number of halogens is 1. The second-order valence-corrected chi connectivity index (χ2v) is 9.39. The zero-order valence-corrected chi connectivity index (χ0v) is 14.4. The molecule has 0 bridgehead atoms. The summed E-state index contributed by atoms with van der Waals surface area (Å²) < 4.78 is 37.0. The number of benzene rings is 1. The van der Waals surface area contributed by atoms with Gasteiger partial charge in [-0.05, 0) is 24.3 Å². The van der Waals surface area contributed by atoms with Crippen molar-refractivity contribution in [2.45, 2.75) is 25.1 Å². The molecule has 1 amide bonds. The number of nitrogens with zero attached hydrogens (tertiary/aromatic N) is 2. The van der Waals surface area contributed by atoms with Gasteiger partial charge in [-0.25, -0.2) is 12.8 Å². The van der Waals surface area contributed by atoms with Crippen LogP contribution < -0.4 is 4.90 Å². The maximum atomic E-state index is 13.2. The van der Waals surface area contributed by atoms with Crippen LogP contribution in [0.25, 0.3) is 0 Å². The van der Waals surface area contributed by atoms with Crippen LogP contribution in [0.5, 0.6) is 0 Å². The third-order valence-corrected chi connectivity index (χ3v) is 7.08. The first-order valence-corrected chi connectivity index (χ1v) is 10.0. The average molecular weight is 356 g/mol. The lowest BCUT2D eigenvalue weighted by Gasteiger charge is -2.24. The molecule has 5 nitrogen and oxygen atoms in total. The molecule has 2 heterocycles. The van der Waals surface area contributed by atoms with Crippen molar-refractivity contribution in [3.63, 3.8) is 0 Å².